The van der Waals surface area contributed by atoms with Gasteiger partial charge in [0.25, 0.3) is 0 Å². The third kappa shape index (κ3) is 6.23. The number of amides is 1. The van der Waals surface area contributed by atoms with Crippen LogP contribution in [0.3, 0.4) is 0 Å². The number of nitrogens with one attached hydrogen (secondary N) is 1. The van der Waals surface area contributed by atoms with Gasteiger partial charge >= 0.3 is 0 Å². The van der Waals surface area contributed by atoms with Crippen molar-refractivity contribution in [2.45, 2.75) is 52.2 Å². The van der Waals surface area contributed by atoms with E-state index in [1.165, 1.54) is 0 Å². The standard InChI is InChI=1S/C28H32F3N3O3/c1-17(2)28(36)34-18(3)14-33(15-22-23(30)11-21(29)12-24(22)31)16-25(34)27(35)32-13-19-6-8-20(9-7-19)26-5-4-10-37-26/h4-12,17-18,25,28,36H,13-16H2,1-3H3,(H,32,35). The molecule has 1 aliphatic heterocycles. The molecule has 0 saturated carbocycles. The Morgan fingerprint density at radius 3 is 2.38 bits per heavy atom. The molecule has 1 saturated heterocycles. The van der Waals surface area contributed by atoms with Crippen molar-refractivity contribution in [3.8, 4) is 11.3 Å². The smallest absolute Gasteiger partial charge is 0.239 e. The normalized spacial score (nSPS) is 19.8. The lowest BCUT2D eigenvalue weighted by molar-refractivity contribution is -0.147. The van der Waals surface area contributed by atoms with E-state index in [0.29, 0.717) is 18.7 Å². The van der Waals surface area contributed by atoms with E-state index in [0.717, 1.165) is 16.9 Å². The summed E-state index contributed by atoms with van der Waals surface area (Å²) >= 11 is 0. The van der Waals surface area contributed by atoms with Crippen LogP contribution < -0.4 is 5.32 Å². The molecule has 2 heterocycles. The first-order valence-electron chi connectivity index (χ1n) is 12.4. The van der Waals surface area contributed by atoms with Crippen LogP contribution in [0.4, 0.5) is 13.2 Å². The summed E-state index contributed by atoms with van der Waals surface area (Å²) in [5.74, 6) is -2.59. The van der Waals surface area contributed by atoms with E-state index in [4.69, 9.17) is 4.42 Å². The molecular weight excluding hydrogens is 483 g/mol. The molecule has 3 unspecified atom stereocenters. The highest BCUT2D eigenvalue weighted by Gasteiger charge is 2.41. The van der Waals surface area contributed by atoms with Crippen LogP contribution in [0.25, 0.3) is 11.3 Å². The summed E-state index contributed by atoms with van der Waals surface area (Å²) in [5.41, 5.74) is 1.56. The molecule has 0 spiro atoms. The van der Waals surface area contributed by atoms with Gasteiger partial charge in [0, 0.05) is 55.5 Å². The van der Waals surface area contributed by atoms with Crippen LogP contribution in [0.2, 0.25) is 0 Å². The maximum absolute atomic E-state index is 14.3. The lowest BCUT2D eigenvalue weighted by Gasteiger charge is -2.47. The maximum Gasteiger partial charge on any atom is 0.239 e. The van der Waals surface area contributed by atoms with Crippen LogP contribution in [0.5, 0.6) is 0 Å². The number of nitrogens with zero attached hydrogens (tertiary/aromatic N) is 2. The van der Waals surface area contributed by atoms with Gasteiger partial charge in [-0.15, -0.1) is 0 Å². The largest absolute Gasteiger partial charge is 0.464 e. The number of carbonyl (C=O) groups is 1. The predicted molar refractivity (Wildman–Crippen MR) is 134 cm³/mol. The molecule has 0 bridgehead atoms. The van der Waals surface area contributed by atoms with Gasteiger partial charge in [-0.05, 0) is 30.5 Å². The Morgan fingerprint density at radius 1 is 1.11 bits per heavy atom. The van der Waals surface area contributed by atoms with Crippen LogP contribution in [0.15, 0.2) is 59.2 Å². The fourth-order valence-corrected chi connectivity index (χ4v) is 4.81. The lowest BCUT2D eigenvalue weighted by atomic mass is 10.0. The van der Waals surface area contributed by atoms with Gasteiger partial charge in [-0.2, -0.15) is 0 Å². The number of hydrogen-bond acceptors (Lipinski definition) is 5. The SMILES string of the molecule is CC(C)C(O)N1C(C)CN(Cc2c(F)cc(F)cc2F)CC1C(=O)NCc1ccc(-c2ccco2)cc1. The molecule has 3 atom stereocenters. The maximum atomic E-state index is 14.3. The minimum Gasteiger partial charge on any atom is -0.464 e. The molecule has 1 aromatic heterocycles. The first-order valence-corrected chi connectivity index (χ1v) is 12.4. The van der Waals surface area contributed by atoms with Gasteiger partial charge in [-0.25, -0.2) is 13.2 Å². The zero-order valence-electron chi connectivity index (χ0n) is 21.1. The Hall–Kier alpha value is -3.14. The van der Waals surface area contributed by atoms with Crippen LogP contribution in [0.1, 0.15) is 31.9 Å². The molecule has 1 fully saturated rings. The van der Waals surface area contributed by atoms with E-state index in [1.807, 2.05) is 57.2 Å². The molecule has 1 aliphatic rings. The highest BCUT2D eigenvalue weighted by Crippen LogP contribution is 2.25. The fraction of sp³-hybridized carbons (Fsp3) is 0.393. The van der Waals surface area contributed by atoms with E-state index in [2.05, 4.69) is 5.32 Å². The molecule has 198 valence electrons. The van der Waals surface area contributed by atoms with Crippen molar-refractivity contribution in [2.75, 3.05) is 13.1 Å². The molecule has 3 aromatic rings. The Balaban J connectivity index is 1.48. The lowest BCUT2D eigenvalue weighted by Crippen LogP contribution is -2.65. The molecule has 4 rings (SSSR count). The van der Waals surface area contributed by atoms with E-state index >= 15 is 0 Å². The average Bonchev–Trinajstić information content (AvgIpc) is 3.39. The molecule has 0 aliphatic carbocycles. The van der Waals surface area contributed by atoms with Crippen molar-refractivity contribution in [1.29, 1.82) is 0 Å². The first kappa shape index (κ1) is 26.9. The van der Waals surface area contributed by atoms with Gasteiger partial charge in [0.15, 0.2) is 0 Å². The molecule has 6 nitrogen and oxygen atoms in total. The van der Waals surface area contributed by atoms with E-state index in [-0.39, 0.29) is 43.1 Å². The fourth-order valence-electron chi connectivity index (χ4n) is 4.81. The number of carbonyl (C=O) groups excluding carboxylic acids is 1. The monoisotopic (exact) mass is 515 g/mol. The van der Waals surface area contributed by atoms with Crippen molar-refractivity contribution in [3.05, 3.63) is 83.4 Å². The second kappa shape index (κ2) is 11.5. The number of piperazine rings is 1. The zero-order chi connectivity index (χ0) is 26.7. The summed E-state index contributed by atoms with van der Waals surface area (Å²) in [4.78, 5) is 16.9. The molecule has 2 aromatic carbocycles. The summed E-state index contributed by atoms with van der Waals surface area (Å²) in [5, 5.41) is 13.8. The van der Waals surface area contributed by atoms with Crippen molar-refractivity contribution in [1.82, 2.24) is 15.1 Å². The second-order valence-corrected chi connectivity index (χ2v) is 9.90. The zero-order valence-corrected chi connectivity index (χ0v) is 21.1. The van der Waals surface area contributed by atoms with Crippen LogP contribution in [-0.2, 0) is 17.9 Å². The third-order valence-electron chi connectivity index (χ3n) is 6.74. The number of benzene rings is 2. The molecule has 9 heteroatoms. The van der Waals surface area contributed by atoms with Gasteiger partial charge < -0.3 is 14.8 Å². The second-order valence-electron chi connectivity index (χ2n) is 9.90. The van der Waals surface area contributed by atoms with Crippen molar-refractivity contribution < 1.29 is 27.5 Å². The van der Waals surface area contributed by atoms with Crippen LogP contribution >= 0.6 is 0 Å². The third-order valence-corrected chi connectivity index (χ3v) is 6.74. The summed E-state index contributed by atoms with van der Waals surface area (Å²) in [7, 11) is 0. The molecule has 1 amide bonds. The van der Waals surface area contributed by atoms with Crippen LogP contribution in [-0.4, -0.2) is 52.2 Å². The van der Waals surface area contributed by atoms with Gasteiger partial charge in [-0.3, -0.25) is 14.6 Å². The average molecular weight is 516 g/mol. The van der Waals surface area contributed by atoms with Gasteiger partial charge in [-0.1, -0.05) is 38.1 Å². The van der Waals surface area contributed by atoms with Crippen molar-refractivity contribution in [2.24, 2.45) is 5.92 Å². The Bertz CT molecular complexity index is 1180. The van der Waals surface area contributed by atoms with Gasteiger partial charge in [0.1, 0.15) is 35.5 Å². The molecular formula is C28H32F3N3O3. The minimum absolute atomic E-state index is 0.119. The number of furan rings is 1. The number of hydrogen-bond donors (Lipinski definition) is 2. The quantitative estimate of drug-likeness (QED) is 0.462. The van der Waals surface area contributed by atoms with Crippen molar-refractivity contribution >= 4 is 5.91 Å². The Morgan fingerprint density at radius 2 is 1.78 bits per heavy atom. The molecule has 0 radical (unpaired) electrons. The van der Waals surface area contributed by atoms with Crippen LogP contribution in [0, 0.1) is 23.4 Å². The summed E-state index contributed by atoms with van der Waals surface area (Å²) in [6.07, 6.45) is 0.730. The molecule has 2 N–H and O–H groups in total. The predicted octanol–water partition coefficient (Wildman–Crippen LogP) is 4.53. The summed E-state index contributed by atoms with van der Waals surface area (Å²) in [6.45, 7) is 6.26. The Labute approximate surface area is 214 Å². The van der Waals surface area contributed by atoms with E-state index in [9.17, 15) is 23.1 Å². The highest BCUT2D eigenvalue weighted by molar-refractivity contribution is 5.82. The van der Waals surface area contributed by atoms with Crippen molar-refractivity contribution in [3.63, 3.8) is 0 Å². The number of halogens is 3. The number of aliphatic hydroxyl groups is 1. The number of rotatable bonds is 8. The van der Waals surface area contributed by atoms with Gasteiger partial charge in [0.2, 0.25) is 5.91 Å². The van der Waals surface area contributed by atoms with E-state index < -0.39 is 29.7 Å². The van der Waals surface area contributed by atoms with E-state index in [1.54, 1.807) is 16.1 Å². The summed E-state index contributed by atoms with van der Waals surface area (Å²) in [6, 6.07) is 11.6. The topological polar surface area (TPSA) is 69.0 Å². The van der Waals surface area contributed by atoms with Gasteiger partial charge in [0.05, 0.1) is 6.26 Å². The summed E-state index contributed by atoms with van der Waals surface area (Å²) < 4.78 is 47.4. The number of aliphatic hydroxyl groups excluding tert-OH is 1. The Kier molecular flexibility index (Phi) is 8.36. The minimum atomic E-state index is -0.980. The molecule has 37 heavy (non-hydrogen) atoms. The first-order chi connectivity index (χ1) is 17.6. The highest BCUT2D eigenvalue weighted by atomic mass is 19.1.